The largest absolute Gasteiger partial charge is 0.343 e. The lowest BCUT2D eigenvalue weighted by Crippen LogP contribution is -2.43. The maximum atomic E-state index is 12.2. The quantitative estimate of drug-likeness (QED) is 0.830. The monoisotopic (exact) mass is 295 g/mol. The third-order valence-corrected chi connectivity index (χ3v) is 4.99. The lowest BCUT2D eigenvalue weighted by Gasteiger charge is -2.28. The summed E-state index contributed by atoms with van der Waals surface area (Å²) < 4.78 is 0. The Morgan fingerprint density at radius 1 is 1.50 bits per heavy atom. The zero-order valence-electron chi connectivity index (χ0n) is 12.3. The van der Waals surface area contributed by atoms with Crippen molar-refractivity contribution in [2.24, 2.45) is 5.73 Å². The minimum atomic E-state index is 0.156. The standard InChI is InChI=1S/C15H25N3OS/c1-17(9-6-14-5-4-10-20-14)13(12-16)11-15(19)18-7-2-3-8-18/h4-5,10,13H,2-3,6-9,11-12,16H2,1H3. The van der Waals surface area contributed by atoms with Gasteiger partial charge in [-0.05, 0) is 37.8 Å². The molecule has 0 bridgehead atoms. The van der Waals surface area contributed by atoms with Crippen molar-refractivity contribution >= 4 is 17.2 Å². The van der Waals surface area contributed by atoms with Crippen molar-refractivity contribution < 1.29 is 4.79 Å². The summed E-state index contributed by atoms with van der Waals surface area (Å²) in [5.41, 5.74) is 5.86. The van der Waals surface area contributed by atoms with Crippen LogP contribution in [0.25, 0.3) is 0 Å². The van der Waals surface area contributed by atoms with E-state index < -0.39 is 0 Å². The summed E-state index contributed by atoms with van der Waals surface area (Å²) >= 11 is 1.79. The first-order valence-electron chi connectivity index (χ1n) is 7.41. The molecule has 0 aliphatic carbocycles. The lowest BCUT2D eigenvalue weighted by atomic mass is 10.1. The third-order valence-electron chi connectivity index (χ3n) is 4.06. The van der Waals surface area contributed by atoms with Crippen molar-refractivity contribution in [2.75, 3.05) is 33.2 Å². The number of likely N-dealkylation sites (tertiary alicyclic amines) is 1. The molecule has 4 nitrogen and oxygen atoms in total. The summed E-state index contributed by atoms with van der Waals surface area (Å²) in [6.45, 7) is 3.35. The van der Waals surface area contributed by atoms with E-state index in [0.29, 0.717) is 13.0 Å². The molecule has 2 N–H and O–H groups in total. The molecule has 1 saturated heterocycles. The second-order valence-electron chi connectivity index (χ2n) is 5.49. The summed E-state index contributed by atoms with van der Waals surface area (Å²) in [5, 5.41) is 2.10. The SMILES string of the molecule is CN(CCc1cccs1)C(CN)CC(=O)N1CCCC1. The molecule has 1 aliphatic rings. The molecule has 0 saturated carbocycles. The van der Waals surface area contributed by atoms with Crippen LogP contribution in [0.15, 0.2) is 17.5 Å². The number of amides is 1. The fourth-order valence-electron chi connectivity index (χ4n) is 2.64. The zero-order valence-corrected chi connectivity index (χ0v) is 13.1. The normalized spacial score (nSPS) is 16.9. The van der Waals surface area contributed by atoms with E-state index in [0.717, 1.165) is 38.9 Å². The predicted octanol–water partition coefficient (Wildman–Crippen LogP) is 1.56. The fourth-order valence-corrected chi connectivity index (χ4v) is 3.34. The van der Waals surface area contributed by atoms with Gasteiger partial charge in [0.15, 0.2) is 0 Å². The Balaban J connectivity index is 1.78. The molecule has 1 fully saturated rings. The van der Waals surface area contributed by atoms with Gasteiger partial charge in [0.05, 0.1) is 0 Å². The number of thiophene rings is 1. The van der Waals surface area contributed by atoms with Crippen LogP contribution in [-0.2, 0) is 11.2 Å². The highest BCUT2D eigenvalue weighted by Crippen LogP contribution is 2.13. The van der Waals surface area contributed by atoms with Gasteiger partial charge in [-0.25, -0.2) is 0 Å². The highest BCUT2D eigenvalue weighted by Gasteiger charge is 2.23. The molecule has 0 aromatic carbocycles. The minimum Gasteiger partial charge on any atom is -0.343 e. The average molecular weight is 295 g/mol. The fraction of sp³-hybridized carbons (Fsp3) is 0.667. The molecule has 20 heavy (non-hydrogen) atoms. The van der Waals surface area contributed by atoms with E-state index in [9.17, 15) is 4.79 Å². The smallest absolute Gasteiger partial charge is 0.224 e. The second-order valence-corrected chi connectivity index (χ2v) is 6.52. The van der Waals surface area contributed by atoms with Crippen molar-refractivity contribution in [1.29, 1.82) is 0 Å². The van der Waals surface area contributed by atoms with Gasteiger partial charge in [0.2, 0.25) is 5.91 Å². The molecule has 112 valence electrons. The van der Waals surface area contributed by atoms with Crippen LogP contribution in [0.2, 0.25) is 0 Å². The van der Waals surface area contributed by atoms with Crippen LogP contribution >= 0.6 is 11.3 Å². The molecule has 1 aromatic rings. The van der Waals surface area contributed by atoms with Gasteiger partial charge in [-0.2, -0.15) is 0 Å². The Kier molecular flexibility index (Phi) is 6.01. The molecular formula is C15H25N3OS. The Morgan fingerprint density at radius 2 is 2.25 bits per heavy atom. The molecule has 1 atom stereocenters. The average Bonchev–Trinajstić information content (AvgIpc) is 3.13. The zero-order chi connectivity index (χ0) is 14.4. The molecule has 2 rings (SSSR count). The summed E-state index contributed by atoms with van der Waals surface area (Å²) in [5.74, 6) is 0.265. The van der Waals surface area contributed by atoms with Crippen molar-refractivity contribution in [2.45, 2.75) is 31.7 Å². The van der Waals surface area contributed by atoms with Crippen molar-refractivity contribution in [3.05, 3.63) is 22.4 Å². The van der Waals surface area contributed by atoms with Crippen LogP contribution < -0.4 is 5.73 Å². The molecule has 2 heterocycles. The van der Waals surface area contributed by atoms with Crippen LogP contribution in [0.3, 0.4) is 0 Å². The number of nitrogens with zero attached hydrogens (tertiary/aromatic N) is 2. The van der Waals surface area contributed by atoms with Crippen LogP contribution in [0, 0.1) is 0 Å². The number of likely N-dealkylation sites (N-methyl/N-ethyl adjacent to an activating group) is 1. The van der Waals surface area contributed by atoms with Gasteiger partial charge in [0, 0.05) is 43.5 Å². The lowest BCUT2D eigenvalue weighted by molar-refractivity contribution is -0.131. The van der Waals surface area contributed by atoms with E-state index in [4.69, 9.17) is 5.73 Å². The Labute approximate surface area is 125 Å². The number of nitrogens with two attached hydrogens (primary N) is 1. The maximum Gasteiger partial charge on any atom is 0.224 e. The molecule has 0 spiro atoms. The van der Waals surface area contributed by atoms with E-state index in [1.165, 1.54) is 4.88 Å². The predicted molar refractivity (Wildman–Crippen MR) is 83.9 cm³/mol. The Morgan fingerprint density at radius 3 is 2.85 bits per heavy atom. The first-order chi connectivity index (χ1) is 9.70. The van der Waals surface area contributed by atoms with E-state index in [1.54, 1.807) is 11.3 Å². The molecular weight excluding hydrogens is 270 g/mol. The number of carbonyl (C=O) groups excluding carboxylic acids is 1. The summed E-state index contributed by atoms with van der Waals surface area (Å²) in [6, 6.07) is 4.39. The van der Waals surface area contributed by atoms with Gasteiger partial charge in [0.25, 0.3) is 0 Å². The van der Waals surface area contributed by atoms with Crippen LogP contribution in [0.1, 0.15) is 24.1 Å². The van der Waals surface area contributed by atoms with Gasteiger partial charge in [-0.3, -0.25) is 4.79 Å². The van der Waals surface area contributed by atoms with Gasteiger partial charge in [-0.1, -0.05) is 6.07 Å². The molecule has 1 unspecified atom stereocenters. The highest BCUT2D eigenvalue weighted by molar-refractivity contribution is 7.09. The van der Waals surface area contributed by atoms with E-state index in [1.807, 2.05) is 4.90 Å². The van der Waals surface area contributed by atoms with E-state index in [2.05, 4.69) is 29.5 Å². The summed E-state index contributed by atoms with van der Waals surface area (Å²) in [7, 11) is 2.07. The number of hydrogen-bond acceptors (Lipinski definition) is 4. The van der Waals surface area contributed by atoms with Gasteiger partial charge < -0.3 is 15.5 Å². The number of carbonyl (C=O) groups is 1. The maximum absolute atomic E-state index is 12.2. The van der Waals surface area contributed by atoms with Crippen molar-refractivity contribution in [3.63, 3.8) is 0 Å². The molecule has 0 radical (unpaired) electrons. The van der Waals surface area contributed by atoms with Crippen LogP contribution in [0.5, 0.6) is 0 Å². The summed E-state index contributed by atoms with van der Waals surface area (Å²) in [4.78, 5) is 17.8. The summed E-state index contributed by atoms with van der Waals surface area (Å²) in [6.07, 6.45) is 3.88. The third kappa shape index (κ3) is 4.30. The van der Waals surface area contributed by atoms with Gasteiger partial charge in [-0.15, -0.1) is 11.3 Å². The van der Waals surface area contributed by atoms with Crippen molar-refractivity contribution in [3.8, 4) is 0 Å². The van der Waals surface area contributed by atoms with Crippen LogP contribution in [-0.4, -0.2) is 55.0 Å². The molecule has 1 aromatic heterocycles. The topological polar surface area (TPSA) is 49.6 Å². The van der Waals surface area contributed by atoms with E-state index in [-0.39, 0.29) is 11.9 Å². The Hall–Kier alpha value is -0.910. The first kappa shape index (κ1) is 15.5. The van der Waals surface area contributed by atoms with Gasteiger partial charge >= 0.3 is 0 Å². The number of rotatable bonds is 7. The minimum absolute atomic E-state index is 0.156. The second kappa shape index (κ2) is 7.76. The van der Waals surface area contributed by atoms with E-state index >= 15 is 0 Å². The molecule has 5 heteroatoms. The van der Waals surface area contributed by atoms with Gasteiger partial charge in [0.1, 0.15) is 0 Å². The van der Waals surface area contributed by atoms with Crippen molar-refractivity contribution in [1.82, 2.24) is 9.80 Å². The van der Waals surface area contributed by atoms with Crippen LogP contribution in [0.4, 0.5) is 0 Å². The first-order valence-corrected chi connectivity index (χ1v) is 8.29. The Bertz CT molecular complexity index is 401. The molecule has 1 aliphatic heterocycles. The molecule has 1 amide bonds. The highest BCUT2D eigenvalue weighted by atomic mass is 32.1. The number of hydrogen-bond donors (Lipinski definition) is 1.